The van der Waals surface area contributed by atoms with Crippen molar-refractivity contribution in [1.82, 2.24) is 19.8 Å². The number of rotatable bonds is 4. The van der Waals surface area contributed by atoms with Crippen LogP contribution in [0.4, 0.5) is 14.5 Å². The van der Waals surface area contributed by atoms with E-state index in [4.69, 9.17) is 0 Å². The van der Waals surface area contributed by atoms with Gasteiger partial charge >= 0.3 is 16.6 Å². The monoisotopic (exact) mass is 389 g/mol. The second kappa shape index (κ2) is 9.01. The summed E-state index contributed by atoms with van der Waals surface area (Å²) >= 11 is 0. The first kappa shape index (κ1) is 20.2. The topological polar surface area (TPSA) is 100 Å². The van der Waals surface area contributed by atoms with E-state index in [9.17, 15) is 17.2 Å². The Morgan fingerprint density at radius 2 is 1.85 bits per heavy atom. The van der Waals surface area contributed by atoms with E-state index in [1.165, 1.54) is 4.31 Å². The van der Waals surface area contributed by atoms with Gasteiger partial charge in [-0.25, -0.2) is 0 Å². The number of benzene rings is 1. The van der Waals surface area contributed by atoms with E-state index in [2.05, 4.69) is 24.7 Å². The Labute approximate surface area is 150 Å². The molecule has 1 saturated heterocycles. The van der Waals surface area contributed by atoms with Crippen molar-refractivity contribution < 1.29 is 21.6 Å². The zero-order valence-electron chi connectivity index (χ0n) is 14.3. The second-order valence-corrected chi connectivity index (χ2v) is 7.51. The lowest BCUT2D eigenvalue weighted by atomic mass is 10.2. The third kappa shape index (κ3) is 6.00. The van der Waals surface area contributed by atoms with E-state index < -0.39 is 22.5 Å². The molecule has 0 aliphatic carbocycles. The van der Waals surface area contributed by atoms with E-state index >= 15 is 0 Å². The summed E-state index contributed by atoms with van der Waals surface area (Å²) in [5, 5.41) is 9.31. The van der Waals surface area contributed by atoms with Gasteiger partial charge in [-0.3, -0.25) is 4.72 Å². The largest absolute Gasteiger partial charge is 0.423 e. The molecular weight excluding hydrogens is 368 g/mol. The molecule has 2 heterocycles. The number of alkyl halides is 2. The fourth-order valence-electron chi connectivity index (χ4n) is 2.47. The normalized spacial score (nSPS) is 21.1. The van der Waals surface area contributed by atoms with Gasteiger partial charge in [-0.1, -0.05) is 18.2 Å². The Morgan fingerprint density at radius 1 is 1.23 bits per heavy atom. The maximum atomic E-state index is 12.2. The van der Waals surface area contributed by atoms with Crippen molar-refractivity contribution in [2.75, 3.05) is 17.8 Å². The van der Waals surface area contributed by atoms with Gasteiger partial charge in [0.15, 0.2) is 0 Å². The second-order valence-electron chi connectivity index (χ2n) is 5.84. The maximum absolute atomic E-state index is 12.2. The number of para-hydroxylation sites is 1. The Kier molecular flexibility index (Phi) is 7.00. The molecule has 1 fully saturated rings. The summed E-state index contributed by atoms with van der Waals surface area (Å²) in [5.74, 6) is -0.634. The van der Waals surface area contributed by atoms with Gasteiger partial charge in [-0.2, -0.15) is 21.5 Å². The van der Waals surface area contributed by atoms with Crippen molar-refractivity contribution in [1.29, 1.82) is 0 Å². The number of piperazine rings is 1. The molecule has 2 unspecified atom stereocenters. The minimum Gasteiger partial charge on any atom is -0.423 e. The molecule has 0 bridgehead atoms. The molecule has 0 spiro atoms. The molecule has 1 aliphatic rings. The quantitative estimate of drug-likeness (QED) is 0.830. The average Bonchev–Trinajstić information content (AvgIpc) is 3.10. The number of nitrogens with one attached hydrogen (secondary N) is 2. The highest BCUT2D eigenvalue weighted by atomic mass is 32.2. The van der Waals surface area contributed by atoms with E-state index in [0.29, 0.717) is 18.8 Å². The minimum atomic E-state index is -3.46. The molecule has 2 aromatic rings. The molecule has 3 rings (SSSR count). The number of nitrogens with zero attached hydrogens (tertiary/aromatic N) is 3. The summed E-state index contributed by atoms with van der Waals surface area (Å²) < 4.78 is 55.5. The van der Waals surface area contributed by atoms with Crippen LogP contribution >= 0.6 is 0 Å². The van der Waals surface area contributed by atoms with Gasteiger partial charge in [0.2, 0.25) is 6.39 Å². The highest BCUT2D eigenvalue weighted by molar-refractivity contribution is 7.90. The van der Waals surface area contributed by atoms with E-state index in [1.54, 1.807) is 24.3 Å². The molecule has 2 atom stereocenters. The van der Waals surface area contributed by atoms with Crippen molar-refractivity contribution in [2.24, 2.45) is 0 Å². The molecule has 1 aromatic heterocycles. The summed E-state index contributed by atoms with van der Waals surface area (Å²) in [6.07, 6.45) is -1.79. The Balaban J connectivity index is 0.000000254. The van der Waals surface area contributed by atoms with Crippen molar-refractivity contribution in [3.8, 4) is 0 Å². The first-order valence-electron chi connectivity index (χ1n) is 7.91. The first-order valence-corrected chi connectivity index (χ1v) is 9.35. The number of halogens is 2. The number of aromatic nitrogens is 2. The third-order valence-electron chi connectivity index (χ3n) is 3.45. The molecule has 0 saturated carbocycles. The van der Waals surface area contributed by atoms with Gasteiger partial charge in [0.05, 0.1) is 0 Å². The van der Waals surface area contributed by atoms with Gasteiger partial charge in [0, 0.05) is 30.9 Å². The summed E-state index contributed by atoms with van der Waals surface area (Å²) in [4.78, 5) is 0. The first-order chi connectivity index (χ1) is 12.3. The third-order valence-corrected chi connectivity index (χ3v) is 4.92. The summed E-state index contributed by atoms with van der Waals surface area (Å²) in [6, 6.07) is 9.29. The highest BCUT2D eigenvalue weighted by Gasteiger charge is 2.29. The fourth-order valence-corrected chi connectivity index (χ4v) is 3.87. The van der Waals surface area contributed by atoms with Crippen LogP contribution in [0.15, 0.2) is 41.1 Å². The molecule has 1 aromatic carbocycles. The molecule has 2 N–H and O–H groups in total. The summed E-state index contributed by atoms with van der Waals surface area (Å²) in [6.45, 7) is 4.96. The van der Waals surface area contributed by atoms with Crippen LogP contribution in [0.25, 0.3) is 0 Å². The van der Waals surface area contributed by atoms with E-state index in [-0.39, 0.29) is 12.1 Å². The van der Waals surface area contributed by atoms with Crippen molar-refractivity contribution in [3.05, 3.63) is 42.6 Å². The van der Waals surface area contributed by atoms with Crippen LogP contribution in [0, 0.1) is 0 Å². The Bertz CT molecular complexity index is 749. The molecule has 0 amide bonds. The molecule has 0 radical (unpaired) electrons. The van der Waals surface area contributed by atoms with Crippen molar-refractivity contribution in [3.63, 3.8) is 0 Å². The lowest BCUT2D eigenvalue weighted by Gasteiger charge is -2.35. The van der Waals surface area contributed by atoms with Crippen LogP contribution in [0.3, 0.4) is 0 Å². The van der Waals surface area contributed by atoms with E-state index in [1.807, 2.05) is 19.9 Å². The molecule has 8 nitrogen and oxygen atoms in total. The smallest absolute Gasteiger partial charge is 0.314 e. The molecule has 26 heavy (non-hydrogen) atoms. The Morgan fingerprint density at radius 3 is 2.31 bits per heavy atom. The Hall–Kier alpha value is -2.11. The average molecular weight is 389 g/mol. The van der Waals surface area contributed by atoms with Crippen LogP contribution in [-0.2, 0) is 10.2 Å². The zero-order chi connectivity index (χ0) is 19.2. The predicted octanol–water partition coefficient (Wildman–Crippen LogP) is 2.03. The zero-order valence-corrected chi connectivity index (χ0v) is 15.2. The molecule has 11 heteroatoms. The van der Waals surface area contributed by atoms with Gasteiger partial charge in [0.25, 0.3) is 5.89 Å². The van der Waals surface area contributed by atoms with Crippen molar-refractivity contribution >= 4 is 15.9 Å². The van der Waals surface area contributed by atoms with Crippen LogP contribution in [0.1, 0.15) is 26.2 Å². The van der Waals surface area contributed by atoms with E-state index in [0.717, 1.165) is 6.39 Å². The molecule has 144 valence electrons. The van der Waals surface area contributed by atoms with Gasteiger partial charge in [-0.15, -0.1) is 10.2 Å². The van der Waals surface area contributed by atoms with Crippen LogP contribution in [0.5, 0.6) is 0 Å². The SMILES string of the molecule is CC1CN(S(=O)(=O)Nc2ccccc2)CC(C)N1.FC(F)c1nnco1. The predicted molar refractivity (Wildman–Crippen MR) is 91.9 cm³/mol. The fraction of sp³-hybridized carbons (Fsp3) is 0.467. The maximum Gasteiger partial charge on any atom is 0.314 e. The van der Waals surface area contributed by atoms with Gasteiger partial charge in [0.1, 0.15) is 0 Å². The van der Waals surface area contributed by atoms with Crippen LogP contribution < -0.4 is 10.0 Å². The van der Waals surface area contributed by atoms with Gasteiger partial charge in [-0.05, 0) is 26.0 Å². The summed E-state index contributed by atoms with van der Waals surface area (Å²) in [5.41, 5.74) is 0.594. The lowest BCUT2D eigenvalue weighted by Crippen LogP contribution is -2.56. The standard InChI is InChI=1S/C12H19N3O2S.C3H2F2N2O/c1-10-8-15(9-11(2)13-10)18(16,17)14-12-6-4-3-5-7-12;4-2(5)3-7-6-1-8-3/h3-7,10-11,13-14H,8-9H2,1-2H3;1-2H. The van der Waals surface area contributed by atoms with Gasteiger partial charge < -0.3 is 9.73 Å². The minimum absolute atomic E-state index is 0.168. The number of anilines is 1. The molecule has 1 aliphatic heterocycles. The summed E-state index contributed by atoms with van der Waals surface area (Å²) in [7, 11) is -3.46. The van der Waals surface area contributed by atoms with Crippen LogP contribution in [-0.4, -0.2) is 48.1 Å². The number of hydrogen-bond acceptors (Lipinski definition) is 6. The molecular formula is C15H21F2N5O3S. The van der Waals surface area contributed by atoms with Crippen molar-refractivity contribution in [2.45, 2.75) is 32.4 Å². The number of hydrogen-bond donors (Lipinski definition) is 2. The highest BCUT2D eigenvalue weighted by Crippen LogP contribution is 2.14. The van der Waals surface area contributed by atoms with Crippen LogP contribution in [0.2, 0.25) is 0 Å². The lowest BCUT2D eigenvalue weighted by molar-refractivity contribution is 0.115.